The van der Waals surface area contributed by atoms with Gasteiger partial charge in [-0.05, 0) is 50.8 Å². The zero-order valence-corrected chi connectivity index (χ0v) is 13.3. The fourth-order valence-electron chi connectivity index (χ4n) is 2.42. The van der Waals surface area contributed by atoms with E-state index in [2.05, 4.69) is 29.9 Å². The van der Waals surface area contributed by atoms with Gasteiger partial charge in [0, 0.05) is 31.8 Å². The minimum absolute atomic E-state index is 0.888. The van der Waals surface area contributed by atoms with E-state index in [1.807, 2.05) is 12.1 Å². The Morgan fingerprint density at radius 3 is 2.52 bits per heavy atom. The van der Waals surface area contributed by atoms with Crippen LogP contribution in [0.15, 0.2) is 18.2 Å². The maximum atomic E-state index is 13.6. The number of benzene rings is 1. The SMILES string of the molecule is CN1CCCCc2c(C#CC(C)(C)C(C)(F)F)cccc21. The molecule has 1 nitrogen and oxygen atoms in total. The lowest BCUT2D eigenvalue weighted by Crippen LogP contribution is -2.31. The van der Waals surface area contributed by atoms with Crippen LogP contribution in [-0.4, -0.2) is 19.5 Å². The number of hydrogen-bond acceptors (Lipinski definition) is 1. The van der Waals surface area contributed by atoms with Gasteiger partial charge >= 0.3 is 0 Å². The third kappa shape index (κ3) is 3.37. The van der Waals surface area contributed by atoms with Gasteiger partial charge in [-0.3, -0.25) is 0 Å². The Bertz CT molecular complexity index is 573. The van der Waals surface area contributed by atoms with Gasteiger partial charge in [-0.15, -0.1) is 0 Å². The number of fused-ring (bicyclic) bond motifs is 1. The van der Waals surface area contributed by atoms with Gasteiger partial charge in [-0.1, -0.05) is 17.9 Å². The third-order valence-corrected chi connectivity index (χ3v) is 4.34. The molecular weight excluding hydrogens is 268 g/mol. The Morgan fingerprint density at radius 1 is 1.14 bits per heavy atom. The van der Waals surface area contributed by atoms with E-state index in [1.165, 1.54) is 25.1 Å². The van der Waals surface area contributed by atoms with Crippen molar-refractivity contribution < 1.29 is 8.78 Å². The highest BCUT2D eigenvalue weighted by Gasteiger charge is 2.40. The lowest BCUT2D eigenvalue weighted by molar-refractivity contribution is -0.0585. The van der Waals surface area contributed by atoms with Gasteiger partial charge in [0.05, 0.1) is 5.41 Å². The molecular formula is C18H23F2N. The molecule has 0 spiro atoms. The zero-order chi connectivity index (χ0) is 15.7. The van der Waals surface area contributed by atoms with Crippen LogP contribution in [0.5, 0.6) is 0 Å². The van der Waals surface area contributed by atoms with Gasteiger partial charge in [0.25, 0.3) is 5.92 Å². The summed E-state index contributed by atoms with van der Waals surface area (Å²) >= 11 is 0. The largest absolute Gasteiger partial charge is 0.374 e. The molecule has 1 heterocycles. The average molecular weight is 291 g/mol. The quantitative estimate of drug-likeness (QED) is 0.689. The van der Waals surface area contributed by atoms with E-state index in [4.69, 9.17) is 0 Å². The van der Waals surface area contributed by atoms with Crippen molar-refractivity contribution in [2.45, 2.75) is 46.0 Å². The predicted molar refractivity (Wildman–Crippen MR) is 83.9 cm³/mol. The van der Waals surface area contributed by atoms with E-state index in [9.17, 15) is 8.78 Å². The summed E-state index contributed by atoms with van der Waals surface area (Å²) in [5.41, 5.74) is 1.94. The van der Waals surface area contributed by atoms with Crippen LogP contribution in [0.25, 0.3) is 0 Å². The van der Waals surface area contributed by atoms with Crippen LogP contribution >= 0.6 is 0 Å². The predicted octanol–water partition coefficient (Wildman–Crippen LogP) is 4.49. The lowest BCUT2D eigenvalue weighted by atomic mass is 9.86. The topological polar surface area (TPSA) is 3.24 Å². The first-order valence-electron chi connectivity index (χ1n) is 7.46. The van der Waals surface area contributed by atoms with Crippen molar-refractivity contribution in [1.82, 2.24) is 0 Å². The molecule has 0 atom stereocenters. The van der Waals surface area contributed by atoms with Gasteiger partial charge in [-0.25, -0.2) is 8.78 Å². The van der Waals surface area contributed by atoms with Crippen LogP contribution in [0.1, 0.15) is 44.7 Å². The summed E-state index contributed by atoms with van der Waals surface area (Å²) < 4.78 is 27.1. The van der Waals surface area contributed by atoms with Crippen LogP contribution < -0.4 is 4.90 Å². The normalized spacial score (nSPS) is 15.8. The Balaban J connectivity index is 2.42. The summed E-state index contributed by atoms with van der Waals surface area (Å²) in [5.74, 6) is 2.98. The van der Waals surface area contributed by atoms with E-state index < -0.39 is 11.3 Å². The van der Waals surface area contributed by atoms with Crippen LogP contribution in [0.2, 0.25) is 0 Å². The Labute approximate surface area is 126 Å². The van der Waals surface area contributed by atoms with Crippen LogP contribution in [0.4, 0.5) is 14.5 Å². The van der Waals surface area contributed by atoms with Crippen molar-refractivity contribution in [3.8, 4) is 11.8 Å². The zero-order valence-electron chi connectivity index (χ0n) is 13.3. The molecule has 1 aromatic rings. The van der Waals surface area contributed by atoms with Gasteiger partial charge in [0.1, 0.15) is 0 Å². The number of rotatable bonds is 1. The number of anilines is 1. The smallest absolute Gasteiger partial charge is 0.261 e. The van der Waals surface area contributed by atoms with E-state index in [0.29, 0.717) is 0 Å². The first-order valence-corrected chi connectivity index (χ1v) is 7.46. The molecule has 0 aromatic heterocycles. The summed E-state index contributed by atoms with van der Waals surface area (Å²) in [6.07, 6.45) is 3.23. The molecule has 0 unspecified atom stereocenters. The van der Waals surface area contributed by atoms with Gasteiger partial charge in [-0.2, -0.15) is 0 Å². The second-order valence-electron chi connectivity index (χ2n) is 6.45. The summed E-state index contributed by atoms with van der Waals surface area (Å²) in [6.45, 7) is 4.95. The number of alkyl halides is 2. The molecule has 0 radical (unpaired) electrons. The monoisotopic (exact) mass is 291 g/mol. The number of hydrogen-bond donors (Lipinski definition) is 0. The third-order valence-electron chi connectivity index (χ3n) is 4.34. The highest BCUT2D eigenvalue weighted by atomic mass is 19.3. The molecule has 0 aliphatic carbocycles. The van der Waals surface area contributed by atoms with E-state index in [0.717, 1.165) is 38.3 Å². The Kier molecular flexibility index (Phi) is 4.27. The van der Waals surface area contributed by atoms with Crippen molar-refractivity contribution in [2.75, 3.05) is 18.5 Å². The molecule has 3 heteroatoms. The lowest BCUT2D eigenvalue weighted by Gasteiger charge is -2.25. The average Bonchev–Trinajstić information content (AvgIpc) is 2.58. The standard InChI is InChI=1S/C18H23F2N/c1-17(2,18(3,19)20)12-11-14-8-7-10-16-15(14)9-5-6-13-21(16)4/h7-8,10H,5-6,9,13H2,1-4H3. The Hall–Kier alpha value is -1.56. The van der Waals surface area contributed by atoms with E-state index >= 15 is 0 Å². The number of nitrogens with zero attached hydrogens (tertiary/aromatic N) is 1. The molecule has 0 amide bonds. The van der Waals surface area contributed by atoms with E-state index in [-0.39, 0.29) is 0 Å². The summed E-state index contributed by atoms with van der Waals surface area (Å²) in [7, 11) is 2.07. The van der Waals surface area contributed by atoms with Crippen molar-refractivity contribution in [3.05, 3.63) is 29.3 Å². The summed E-state index contributed by atoms with van der Waals surface area (Å²) in [4.78, 5) is 2.23. The maximum Gasteiger partial charge on any atom is 0.261 e. The molecule has 0 fully saturated rings. The van der Waals surface area contributed by atoms with Crippen molar-refractivity contribution in [2.24, 2.45) is 5.41 Å². The first kappa shape index (κ1) is 15.8. The van der Waals surface area contributed by atoms with Crippen LogP contribution in [0.3, 0.4) is 0 Å². The van der Waals surface area contributed by atoms with Gasteiger partial charge in [0.2, 0.25) is 0 Å². The van der Waals surface area contributed by atoms with Crippen molar-refractivity contribution in [3.63, 3.8) is 0 Å². The minimum Gasteiger partial charge on any atom is -0.374 e. The summed E-state index contributed by atoms with van der Waals surface area (Å²) in [6, 6.07) is 5.99. The molecule has 0 saturated carbocycles. The number of halogens is 2. The Morgan fingerprint density at radius 2 is 1.86 bits per heavy atom. The molecule has 1 aromatic carbocycles. The second kappa shape index (κ2) is 5.67. The molecule has 0 saturated heterocycles. The van der Waals surface area contributed by atoms with E-state index in [1.54, 1.807) is 0 Å². The van der Waals surface area contributed by atoms with Crippen molar-refractivity contribution in [1.29, 1.82) is 0 Å². The van der Waals surface area contributed by atoms with Gasteiger partial charge in [0.15, 0.2) is 0 Å². The van der Waals surface area contributed by atoms with Crippen LogP contribution in [0, 0.1) is 17.3 Å². The highest BCUT2D eigenvalue weighted by molar-refractivity contribution is 5.61. The fraction of sp³-hybridized carbons (Fsp3) is 0.556. The molecule has 0 N–H and O–H groups in total. The molecule has 0 bridgehead atoms. The van der Waals surface area contributed by atoms with Crippen LogP contribution in [-0.2, 0) is 6.42 Å². The van der Waals surface area contributed by atoms with Gasteiger partial charge < -0.3 is 4.90 Å². The second-order valence-corrected chi connectivity index (χ2v) is 6.45. The van der Waals surface area contributed by atoms with Crippen molar-refractivity contribution >= 4 is 5.69 Å². The molecule has 114 valence electrons. The minimum atomic E-state index is -2.82. The molecule has 1 aliphatic heterocycles. The first-order chi connectivity index (χ1) is 9.72. The molecule has 21 heavy (non-hydrogen) atoms. The highest BCUT2D eigenvalue weighted by Crippen LogP contribution is 2.35. The molecule has 1 aliphatic rings. The fourth-order valence-corrected chi connectivity index (χ4v) is 2.42. The maximum absolute atomic E-state index is 13.6. The molecule has 2 rings (SSSR count). The summed E-state index contributed by atoms with van der Waals surface area (Å²) in [5, 5.41) is 0.